The fourth-order valence-electron chi connectivity index (χ4n) is 8.98. The molecule has 0 aliphatic heterocycles. The standard InChI is InChI=1S/C53H37N3/c1-53(2)45-22-13-21-41(51(45)44-30-37-16-9-10-17-38(37)32-46(44)53)34-24-26-35(27-25-34)47-33-48(55-52(54-47)36-14-5-3-6-15-36)39-28-29-50-43(31-39)42-20-11-12-23-49(42)56(50)40-18-7-4-8-19-40/h3-33H,1-2H3. The van der Waals surface area contributed by atoms with E-state index in [2.05, 4.69) is 188 Å². The average molecular weight is 716 g/mol. The zero-order valence-electron chi connectivity index (χ0n) is 31.2. The van der Waals surface area contributed by atoms with E-state index in [1.807, 2.05) is 18.2 Å². The van der Waals surface area contributed by atoms with Crippen molar-refractivity contribution in [2.45, 2.75) is 19.3 Å². The van der Waals surface area contributed by atoms with Crippen LogP contribution in [0, 0.1) is 0 Å². The lowest BCUT2D eigenvalue weighted by molar-refractivity contribution is 0.661. The summed E-state index contributed by atoms with van der Waals surface area (Å²) in [5.41, 5.74) is 16.2. The van der Waals surface area contributed by atoms with Crippen LogP contribution >= 0.6 is 0 Å². The number of para-hydroxylation sites is 2. The summed E-state index contributed by atoms with van der Waals surface area (Å²) in [5, 5.41) is 4.97. The van der Waals surface area contributed by atoms with Crippen LogP contribution in [0.4, 0.5) is 0 Å². The second-order valence-electron chi connectivity index (χ2n) is 15.4. The molecular weight excluding hydrogens is 679 g/mol. The normalized spacial score (nSPS) is 13.0. The Bertz CT molecular complexity index is 3140. The van der Waals surface area contributed by atoms with Gasteiger partial charge in [-0.15, -0.1) is 0 Å². The first kappa shape index (κ1) is 32.3. The second kappa shape index (κ2) is 12.5. The number of fused-ring (bicyclic) bond motifs is 7. The van der Waals surface area contributed by atoms with E-state index in [-0.39, 0.29) is 5.41 Å². The lowest BCUT2D eigenvalue weighted by Crippen LogP contribution is -2.14. The molecule has 1 aliphatic rings. The van der Waals surface area contributed by atoms with Gasteiger partial charge in [0.05, 0.1) is 22.4 Å². The van der Waals surface area contributed by atoms with Crippen LogP contribution in [0.1, 0.15) is 25.0 Å². The molecule has 1 aliphatic carbocycles. The van der Waals surface area contributed by atoms with Crippen molar-refractivity contribution in [1.29, 1.82) is 0 Å². The molecule has 0 saturated heterocycles. The molecule has 2 heterocycles. The van der Waals surface area contributed by atoms with Crippen LogP contribution in [0.25, 0.3) is 94.4 Å². The van der Waals surface area contributed by atoms with Crippen LogP contribution in [0.3, 0.4) is 0 Å². The Kier molecular flexibility index (Phi) is 7.20. The van der Waals surface area contributed by atoms with Crippen molar-refractivity contribution in [3.05, 3.63) is 199 Å². The van der Waals surface area contributed by atoms with Crippen LogP contribution in [0.2, 0.25) is 0 Å². The maximum atomic E-state index is 5.19. The van der Waals surface area contributed by atoms with Crippen molar-refractivity contribution in [3.8, 4) is 61.8 Å². The highest BCUT2D eigenvalue weighted by molar-refractivity contribution is 6.10. The molecule has 3 heteroatoms. The monoisotopic (exact) mass is 715 g/mol. The molecule has 0 amide bonds. The van der Waals surface area contributed by atoms with E-state index in [1.54, 1.807) is 0 Å². The van der Waals surface area contributed by atoms with Gasteiger partial charge in [-0.3, -0.25) is 0 Å². The van der Waals surface area contributed by atoms with E-state index >= 15 is 0 Å². The molecule has 0 unspecified atom stereocenters. The molecule has 0 spiro atoms. The SMILES string of the molecule is CC1(C)c2cc3ccccc3cc2-c2c(-c3ccc(-c4cc(-c5ccc6c(c5)c5ccccc5n6-c5ccccc5)nc(-c5ccccc5)n4)cc3)cccc21. The third kappa shape index (κ3) is 5.05. The molecule has 8 aromatic carbocycles. The zero-order chi connectivity index (χ0) is 37.4. The molecule has 0 bridgehead atoms. The lowest BCUT2D eigenvalue weighted by Gasteiger charge is -2.22. The molecule has 56 heavy (non-hydrogen) atoms. The molecule has 0 N–H and O–H groups in total. The highest BCUT2D eigenvalue weighted by Gasteiger charge is 2.37. The number of nitrogens with zero attached hydrogens (tertiary/aromatic N) is 3. The highest BCUT2D eigenvalue weighted by Crippen LogP contribution is 2.53. The van der Waals surface area contributed by atoms with E-state index in [0.717, 1.165) is 33.8 Å². The third-order valence-corrected chi connectivity index (χ3v) is 11.8. The molecule has 10 aromatic rings. The largest absolute Gasteiger partial charge is 0.309 e. The Morgan fingerprint density at radius 2 is 1.04 bits per heavy atom. The Morgan fingerprint density at radius 1 is 0.411 bits per heavy atom. The summed E-state index contributed by atoms with van der Waals surface area (Å²) < 4.78 is 2.35. The summed E-state index contributed by atoms with van der Waals surface area (Å²) in [4.78, 5) is 10.4. The summed E-state index contributed by atoms with van der Waals surface area (Å²) in [5.74, 6) is 0.709. The van der Waals surface area contributed by atoms with Crippen molar-refractivity contribution in [3.63, 3.8) is 0 Å². The van der Waals surface area contributed by atoms with Crippen molar-refractivity contribution in [2.24, 2.45) is 0 Å². The first-order valence-electron chi connectivity index (χ1n) is 19.3. The Labute approximate surface area is 326 Å². The summed E-state index contributed by atoms with van der Waals surface area (Å²) in [6.45, 7) is 4.71. The van der Waals surface area contributed by atoms with E-state index in [1.165, 1.54) is 66.0 Å². The fraction of sp³-hybridized carbons (Fsp3) is 0.0566. The van der Waals surface area contributed by atoms with Gasteiger partial charge in [-0.2, -0.15) is 0 Å². The van der Waals surface area contributed by atoms with Crippen molar-refractivity contribution >= 4 is 32.6 Å². The Hall–Kier alpha value is -7.10. The van der Waals surface area contributed by atoms with Crippen LogP contribution in [-0.4, -0.2) is 14.5 Å². The van der Waals surface area contributed by atoms with Crippen molar-refractivity contribution < 1.29 is 0 Å². The van der Waals surface area contributed by atoms with Crippen LogP contribution in [0.5, 0.6) is 0 Å². The van der Waals surface area contributed by atoms with Gasteiger partial charge in [0, 0.05) is 38.6 Å². The molecule has 0 radical (unpaired) electrons. The third-order valence-electron chi connectivity index (χ3n) is 11.8. The number of benzene rings is 8. The molecule has 264 valence electrons. The van der Waals surface area contributed by atoms with Crippen molar-refractivity contribution in [1.82, 2.24) is 14.5 Å². The molecule has 3 nitrogen and oxygen atoms in total. The molecule has 11 rings (SSSR count). The van der Waals surface area contributed by atoms with Gasteiger partial charge >= 0.3 is 0 Å². The minimum atomic E-state index is -0.0880. The summed E-state index contributed by atoms with van der Waals surface area (Å²) in [6.07, 6.45) is 0. The average Bonchev–Trinajstić information content (AvgIpc) is 3.71. The van der Waals surface area contributed by atoms with E-state index in [0.29, 0.717) is 5.82 Å². The van der Waals surface area contributed by atoms with Gasteiger partial charge in [0.2, 0.25) is 0 Å². The first-order chi connectivity index (χ1) is 27.5. The number of hydrogen-bond donors (Lipinski definition) is 0. The summed E-state index contributed by atoms with van der Waals surface area (Å²) in [6, 6.07) is 67.6. The maximum absolute atomic E-state index is 5.19. The van der Waals surface area contributed by atoms with Crippen LogP contribution in [0.15, 0.2) is 188 Å². The summed E-state index contributed by atoms with van der Waals surface area (Å²) in [7, 11) is 0. The molecule has 0 atom stereocenters. The molecular formula is C53H37N3. The van der Waals surface area contributed by atoms with Gasteiger partial charge in [-0.1, -0.05) is 153 Å². The van der Waals surface area contributed by atoms with E-state index < -0.39 is 0 Å². The van der Waals surface area contributed by atoms with Crippen LogP contribution in [-0.2, 0) is 5.41 Å². The van der Waals surface area contributed by atoms with E-state index in [4.69, 9.17) is 9.97 Å². The van der Waals surface area contributed by atoms with Gasteiger partial charge in [0.1, 0.15) is 0 Å². The van der Waals surface area contributed by atoms with Crippen molar-refractivity contribution in [2.75, 3.05) is 0 Å². The Morgan fingerprint density at radius 3 is 1.82 bits per heavy atom. The summed E-state index contributed by atoms with van der Waals surface area (Å²) >= 11 is 0. The number of aromatic nitrogens is 3. The van der Waals surface area contributed by atoms with Gasteiger partial charge in [0.25, 0.3) is 0 Å². The van der Waals surface area contributed by atoms with Crippen LogP contribution < -0.4 is 0 Å². The zero-order valence-corrected chi connectivity index (χ0v) is 31.2. The predicted molar refractivity (Wildman–Crippen MR) is 233 cm³/mol. The minimum Gasteiger partial charge on any atom is -0.309 e. The Balaban J connectivity index is 1.03. The molecule has 0 fully saturated rings. The smallest absolute Gasteiger partial charge is 0.160 e. The van der Waals surface area contributed by atoms with Gasteiger partial charge in [-0.05, 0) is 92.7 Å². The highest BCUT2D eigenvalue weighted by atomic mass is 15.0. The predicted octanol–water partition coefficient (Wildman–Crippen LogP) is 13.7. The topological polar surface area (TPSA) is 30.7 Å². The van der Waals surface area contributed by atoms with Gasteiger partial charge in [-0.25, -0.2) is 9.97 Å². The van der Waals surface area contributed by atoms with Gasteiger partial charge in [0.15, 0.2) is 5.82 Å². The first-order valence-corrected chi connectivity index (χ1v) is 19.3. The number of rotatable bonds is 5. The van der Waals surface area contributed by atoms with E-state index in [9.17, 15) is 0 Å². The quantitative estimate of drug-likeness (QED) is 0.178. The maximum Gasteiger partial charge on any atom is 0.160 e. The number of hydrogen-bond acceptors (Lipinski definition) is 2. The van der Waals surface area contributed by atoms with Gasteiger partial charge < -0.3 is 4.57 Å². The fourth-order valence-corrected chi connectivity index (χ4v) is 8.98. The minimum absolute atomic E-state index is 0.0880. The lowest BCUT2D eigenvalue weighted by atomic mass is 9.81. The molecule has 2 aromatic heterocycles. The molecule has 0 saturated carbocycles. The second-order valence-corrected chi connectivity index (χ2v) is 15.4.